The summed E-state index contributed by atoms with van der Waals surface area (Å²) in [6.07, 6.45) is 2.54. The molecule has 1 fully saturated rings. The zero-order valence-electron chi connectivity index (χ0n) is 8.17. The van der Waals surface area contributed by atoms with E-state index in [2.05, 4.69) is 26.2 Å². The zero-order chi connectivity index (χ0) is 10.7. The van der Waals surface area contributed by atoms with E-state index in [-0.39, 0.29) is 0 Å². The summed E-state index contributed by atoms with van der Waals surface area (Å²) in [5.74, 6) is 0.647. The predicted molar refractivity (Wildman–Crippen MR) is 58.4 cm³/mol. The molecule has 1 atom stereocenters. The van der Waals surface area contributed by atoms with Crippen LogP contribution < -0.4 is 10.1 Å². The number of halogens is 2. The van der Waals surface area contributed by atoms with Gasteiger partial charge in [-0.1, -0.05) is 0 Å². The fourth-order valence-electron chi connectivity index (χ4n) is 1.55. The molecule has 0 saturated carbocycles. The first-order valence-electron chi connectivity index (χ1n) is 4.90. The Morgan fingerprint density at radius 3 is 3.20 bits per heavy atom. The number of pyridine rings is 1. The van der Waals surface area contributed by atoms with E-state index in [0.29, 0.717) is 22.7 Å². The van der Waals surface area contributed by atoms with E-state index in [1.54, 1.807) is 6.07 Å². The lowest BCUT2D eigenvalue weighted by molar-refractivity contribution is 0.258. The van der Waals surface area contributed by atoms with Crippen LogP contribution in [0, 0.1) is 11.9 Å². The van der Waals surface area contributed by atoms with Crippen LogP contribution in [-0.2, 0) is 0 Å². The van der Waals surface area contributed by atoms with Crippen molar-refractivity contribution in [1.29, 1.82) is 0 Å². The van der Waals surface area contributed by atoms with Gasteiger partial charge in [0, 0.05) is 18.5 Å². The molecule has 0 aromatic carbocycles. The number of ether oxygens (including phenoxy) is 1. The Balaban J connectivity index is 1.90. The summed E-state index contributed by atoms with van der Waals surface area (Å²) < 4.78 is 18.7. The maximum Gasteiger partial charge on any atom is 0.227 e. The lowest BCUT2D eigenvalue weighted by Gasteiger charge is -2.10. The minimum Gasteiger partial charge on any atom is -0.492 e. The second-order valence-corrected chi connectivity index (χ2v) is 4.47. The lowest BCUT2D eigenvalue weighted by atomic mass is 10.1. The third-order valence-electron chi connectivity index (χ3n) is 2.42. The molecule has 1 aromatic heterocycles. The van der Waals surface area contributed by atoms with Crippen molar-refractivity contribution in [2.75, 3.05) is 19.7 Å². The Morgan fingerprint density at radius 1 is 1.67 bits per heavy atom. The minimum absolute atomic E-state index is 0.338. The smallest absolute Gasteiger partial charge is 0.227 e. The fraction of sp³-hybridized carbons (Fsp3) is 0.500. The largest absolute Gasteiger partial charge is 0.492 e. The number of rotatable bonds is 3. The number of hydrogen-bond donors (Lipinski definition) is 1. The molecule has 0 unspecified atom stereocenters. The van der Waals surface area contributed by atoms with Gasteiger partial charge >= 0.3 is 0 Å². The lowest BCUT2D eigenvalue weighted by Crippen LogP contribution is -2.15. The molecule has 0 bridgehead atoms. The monoisotopic (exact) mass is 274 g/mol. The third kappa shape index (κ3) is 2.89. The van der Waals surface area contributed by atoms with Crippen LogP contribution in [0.25, 0.3) is 0 Å². The summed E-state index contributed by atoms with van der Waals surface area (Å²) >= 11 is 3.07. The molecule has 15 heavy (non-hydrogen) atoms. The van der Waals surface area contributed by atoms with Crippen molar-refractivity contribution >= 4 is 15.9 Å². The van der Waals surface area contributed by atoms with E-state index in [1.807, 2.05) is 0 Å². The first-order chi connectivity index (χ1) is 7.25. The molecular formula is C10H12BrFN2O. The number of nitrogens with zero attached hydrogens (tertiary/aromatic N) is 1. The number of hydrogen-bond acceptors (Lipinski definition) is 3. The van der Waals surface area contributed by atoms with Crippen LogP contribution in [0.3, 0.4) is 0 Å². The van der Waals surface area contributed by atoms with Crippen molar-refractivity contribution in [3.05, 3.63) is 22.7 Å². The Hall–Kier alpha value is -0.680. The summed E-state index contributed by atoms with van der Waals surface area (Å²) in [4.78, 5) is 3.57. The van der Waals surface area contributed by atoms with Crippen molar-refractivity contribution < 1.29 is 9.13 Å². The Labute approximate surface area is 96.2 Å². The molecule has 3 nitrogen and oxygen atoms in total. The molecule has 1 aliphatic heterocycles. The maximum absolute atomic E-state index is 12.8. The van der Waals surface area contributed by atoms with E-state index >= 15 is 0 Å². The molecule has 0 spiro atoms. The van der Waals surface area contributed by atoms with E-state index in [0.717, 1.165) is 19.5 Å². The van der Waals surface area contributed by atoms with Gasteiger partial charge in [-0.2, -0.15) is 4.39 Å². The van der Waals surface area contributed by atoms with E-state index in [1.165, 1.54) is 6.20 Å². The molecule has 2 rings (SSSR count). The van der Waals surface area contributed by atoms with Gasteiger partial charge in [-0.3, -0.25) is 0 Å². The average Bonchev–Trinajstić information content (AvgIpc) is 2.73. The van der Waals surface area contributed by atoms with Crippen LogP contribution in [0.5, 0.6) is 5.75 Å². The predicted octanol–water partition coefficient (Wildman–Crippen LogP) is 1.97. The molecule has 82 valence electrons. The van der Waals surface area contributed by atoms with Gasteiger partial charge in [-0.15, -0.1) is 0 Å². The molecule has 1 aliphatic rings. The molecular weight excluding hydrogens is 263 g/mol. The number of nitrogens with one attached hydrogen (secondary N) is 1. The average molecular weight is 275 g/mol. The molecule has 1 N–H and O–H groups in total. The second-order valence-electron chi connectivity index (χ2n) is 3.61. The standard InChI is InChI=1S/C10H12BrFN2O/c11-9-3-8(5-14-10(9)12)15-6-7-1-2-13-4-7/h3,5,7,13H,1-2,4,6H2/t7-/m0/s1. The molecule has 5 heteroatoms. The van der Waals surface area contributed by atoms with Gasteiger partial charge in [0.1, 0.15) is 5.75 Å². The van der Waals surface area contributed by atoms with Crippen molar-refractivity contribution in [3.8, 4) is 5.75 Å². The molecule has 0 radical (unpaired) electrons. The SMILES string of the molecule is Fc1ncc(OC[C@H]2CCNC2)cc1Br. The van der Waals surface area contributed by atoms with Crippen LogP contribution in [0.1, 0.15) is 6.42 Å². The maximum atomic E-state index is 12.8. The van der Waals surface area contributed by atoms with Gasteiger partial charge in [0.15, 0.2) is 0 Å². The Kier molecular flexibility index (Phi) is 3.53. The quantitative estimate of drug-likeness (QED) is 0.856. The number of aromatic nitrogens is 1. The van der Waals surface area contributed by atoms with Crippen LogP contribution in [0.15, 0.2) is 16.7 Å². The highest BCUT2D eigenvalue weighted by atomic mass is 79.9. The normalized spacial score (nSPS) is 20.5. The van der Waals surface area contributed by atoms with Crippen LogP contribution >= 0.6 is 15.9 Å². The van der Waals surface area contributed by atoms with Crippen molar-refractivity contribution in [3.63, 3.8) is 0 Å². The molecule has 0 aliphatic carbocycles. The summed E-state index contributed by atoms with van der Waals surface area (Å²) in [5.41, 5.74) is 0. The van der Waals surface area contributed by atoms with Gasteiger partial charge in [0.2, 0.25) is 5.95 Å². The minimum atomic E-state index is -0.509. The highest BCUT2D eigenvalue weighted by molar-refractivity contribution is 9.10. The molecule has 0 amide bonds. The van der Waals surface area contributed by atoms with Crippen molar-refractivity contribution in [2.24, 2.45) is 5.92 Å². The molecule has 1 aromatic rings. The Morgan fingerprint density at radius 2 is 2.53 bits per heavy atom. The van der Waals surface area contributed by atoms with E-state index in [9.17, 15) is 4.39 Å². The van der Waals surface area contributed by atoms with Gasteiger partial charge in [-0.05, 0) is 28.9 Å². The highest BCUT2D eigenvalue weighted by Crippen LogP contribution is 2.20. The van der Waals surface area contributed by atoms with E-state index < -0.39 is 5.95 Å². The first kappa shape index (κ1) is 10.8. The summed E-state index contributed by atoms with van der Waals surface area (Å²) in [7, 11) is 0. The topological polar surface area (TPSA) is 34.1 Å². The summed E-state index contributed by atoms with van der Waals surface area (Å²) in [6, 6.07) is 1.60. The van der Waals surface area contributed by atoms with Crippen LogP contribution in [0.4, 0.5) is 4.39 Å². The Bertz CT molecular complexity index is 342. The first-order valence-corrected chi connectivity index (χ1v) is 5.69. The zero-order valence-corrected chi connectivity index (χ0v) is 9.76. The second kappa shape index (κ2) is 4.90. The van der Waals surface area contributed by atoms with Crippen molar-refractivity contribution in [1.82, 2.24) is 10.3 Å². The van der Waals surface area contributed by atoms with Crippen LogP contribution in [-0.4, -0.2) is 24.7 Å². The third-order valence-corrected chi connectivity index (χ3v) is 2.98. The van der Waals surface area contributed by atoms with Gasteiger partial charge in [-0.25, -0.2) is 4.98 Å². The van der Waals surface area contributed by atoms with E-state index in [4.69, 9.17) is 4.74 Å². The fourth-order valence-corrected chi connectivity index (χ4v) is 1.88. The molecule has 2 heterocycles. The van der Waals surface area contributed by atoms with Crippen LogP contribution in [0.2, 0.25) is 0 Å². The highest BCUT2D eigenvalue weighted by Gasteiger charge is 2.15. The molecule has 1 saturated heterocycles. The van der Waals surface area contributed by atoms with Gasteiger partial charge in [0.25, 0.3) is 0 Å². The summed E-state index contributed by atoms with van der Waals surface area (Å²) in [6.45, 7) is 2.71. The van der Waals surface area contributed by atoms with Gasteiger partial charge < -0.3 is 10.1 Å². The van der Waals surface area contributed by atoms with Gasteiger partial charge in [0.05, 0.1) is 17.3 Å². The van der Waals surface area contributed by atoms with Crippen molar-refractivity contribution in [2.45, 2.75) is 6.42 Å². The summed E-state index contributed by atoms with van der Waals surface area (Å²) in [5, 5.41) is 3.26.